The highest BCUT2D eigenvalue weighted by Crippen LogP contribution is 2.26. The van der Waals surface area contributed by atoms with Gasteiger partial charge in [-0.15, -0.1) is 11.3 Å². The number of carbonyl (C=O) groups excluding carboxylic acids is 1. The molecule has 0 saturated heterocycles. The molecule has 0 unspecified atom stereocenters. The lowest BCUT2D eigenvalue weighted by atomic mass is 10.0. The summed E-state index contributed by atoms with van der Waals surface area (Å²) in [7, 11) is 0. The molecule has 3 rings (SSSR count). The summed E-state index contributed by atoms with van der Waals surface area (Å²) in [5, 5.41) is 18.8. The van der Waals surface area contributed by atoms with Crippen molar-refractivity contribution in [2.24, 2.45) is 0 Å². The van der Waals surface area contributed by atoms with Crippen molar-refractivity contribution in [2.45, 2.75) is 13.0 Å². The molecule has 2 N–H and O–H groups in total. The van der Waals surface area contributed by atoms with Gasteiger partial charge in [0.2, 0.25) is 5.91 Å². The molecule has 0 aliphatic heterocycles. The molecule has 27 heavy (non-hydrogen) atoms. The Morgan fingerprint density at radius 2 is 1.93 bits per heavy atom. The normalized spacial score (nSPS) is 11.7. The summed E-state index contributed by atoms with van der Waals surface area (Å²) in [6, 6.07) is 18.0. The van der Waals surface area contributed by atoms with Crippen molar-refractivity contribution in [3.8, 4) is 0 Å². The van der Waals surface area contributed by atoms with Gasteiger partial charge in [-0.3, -0.25) is 20.2 Å². The second-order valence-corrected chi connectivity index (χ2v) is 7.07. The second kappa shape index (κ2) is 8.57. The predicted molar refractivity (Wildman–Crippen MR) is 107 cm³/mol. The highest BCUT2D eigenvalue weighted by Gasteiger charge is 2.16. The number of thiophene rings is 1. The van der Waals surface area contributed by atoms with Crippen molar-refractivity contribution < 1.29 is 9.72 Å². The van der Waals surface area contributed by atoms with Crippen LogP contribution in [0, 0.1) is 17.0 Å². The zero-order valence-electron chi connectivity index (χ0n) is 14.7. The van der Waals surface area contributed by atoms with Crippen LogP contribution in [-0.4, -0.2) is 17.4 Å². The summed E-state index contributed by atoms with van der Waals surface area (Å²) in [6.07, 6.45) is 0. The first-order valence-corrected chi connectivity index (χ1v) is 9.28. The number of nitro groups is 1. The molecule has 138 valence electrons. The van der Waals surface area contributed by atoms with E-state index in [-0.39, 0.29) is 24.2 Å². The number of non-ortho nitro benzene ring substituents is 1. The van der Waals surface area contributed by atoms with Crippen LogP contribution in [0.3, 0.4) is 0 Å². The van der Waals surface area contributed by atoms with Crippen molar-refractivity contribution in [2.75, 3.05) is 11.9 Å². The molecule has 1 aromatic heterocycles. The Morgan fingerprint density at radius 1 is 1.15 bits per heavy atom. The third-order valence-corrected chi connectivity index (χ3v) is 4.98. The lowest BCUT2D eigenvalue weighted by Crippen LogP contribution is -2.31. The smallest absolute Gasteiger partial charge is 0.271 e. The Morgan fingerprint density at radius 3 is 2.59 bits per heavy atom. The molecule has 7 heteroatoms. The number of anilines is 1. The molecule has 0 saturated carbocycles. The maximum absolute atomic E-state index is 12.3. The van der Waals surface area contributed by atoms with Crippen molar-refractivity contribution in [3.63, 3.8) is 0 Å². The quantitative estimate of drug-likeness (QED) is 0.472. The van der Waals surface area contributed by atoms with E-state index in [1.54, 1.807) is 23.5 Å². The van der Waals surface area contributed by atoms with Gasteiger partial charge in [0.05, 0.1) is 17.5 Å². The van der Waals surface area contributed by atoms with Crippen LogP contribution in [0.4, 0.5) is 11.4 Å². The van der Waals surface area contributed by atoms with E-state index in [4.69, 9.17) is 0 Å². The molecule has 1 amide bonds. The SMILES string of the molecule is Cc1ccc([C@@H](NCC(=O)Nc2cccc([N+](=O)[O-])c2)c2cccs2)cc1. The number of hydrogen-bond acceptors (Lipinski definition) is 5. The first kappa shape index (κ1) is 18.8. The average molecular weight is 381 g/mol. The van der Waals surface area contributed by atoms with Gasteiger partial charge in [0.15, 0.2) is 0 Å². The van der Waals surface area contributed by atoms with Crippen LogP contribution >= 0.6 is 11.3 Å². The molecule has 1 heterocycles. The van der Waals surface area contributed by atoms with Crippen molar-refractivity contribution >= 4 is 28.6 Å². The third kappa shape index (κ3) is 4.99. The van der Waals surface area contributed by atoms with E-state index in [9.17, 15) is 14.9 Å². The molecule has 0 bridgehead atoms. The van der Waals surface area contributed by atoms with Crippen molar-refractivity contribution in [1.82, 2.24) is 5.32 Å². The van der Waals surface area contributed by atoms with Crippen molar-refractivity contribution in [1.29, 1.82) is 0 Å². The molecule has 0 radical (unpaired) electrons. The molecular weight excluding hydrogens is 362 g/mol. The number of amides is 1. The Hall–Kier alpha value is -3.03. The zero-order chi connectivity index (χ0) is 19.2. The Balaban J connectivity index is 1.68. The van der Waals surface area contributed by atoms with Crippen LogP contribution in [0.2, 0.25) is 0 Å². The summed E-state index contributed by atoms with van der Waals surface area (Å²) in [4.78, 5) is 23.8. The van der Waals surface area contributed by atoms with E-state index in [2.05, 4.69) is 10.6 Å². The maximum atomic E-state index is 12.3. The summed E-state index contributed by atoms with van der Waals surface area (Å²) in [5.74, 6) is -0.260. The van der Waals surface area contributed by atoms with Crippen molar-refractivity contribution in [3.05, 3.63) is 92.2 Å². The van der Waals surface area contributed by atoms with E-state index < -0.39 is 4.92 Å². The number of benzene rings is 2. The van der Waals surface area contributed by atoms with E-state index in [1.807, 2.05) is 48.7 Å². The molecule has 3 aromatic rings. The fourth-order valence-electron chi connectivity index (χ4n) is 2.69. The van der Waals surface area contributed by atoms with E-state index >= 15 is 0 Å². The van der Waals surface area contributed by atoms with Crippen LogP contribution in [0.15, 0.2) is 66.0 Å². The van der Waals surface area contributed by atoms with Gasteiger partial charge in [0.1, 0.15) is 0 Å². The summed E-state index contributed by atoms with van der Waals surface area (Å²) >= 11 is 1.62. The van der Waals surface area contributed by atoms with Crippen LogP contribution in [0.25, 0.3) is 0 Å². The van der Waals surface area contributed by atoms with E-state index in [0.29, 0.717) is 5.69 Å². The topological polar surface area (TPSA) is 84.3 Å². The molecule has 0 fully saturated rings. The Labute approximate surface area is 161 Å². The van der Waals surface area contributed by atoms with Gasteiger partial charge >= 0.3 is 0 Å². The number of hydrogen-bond donors (Lipinski definition) is 2. The van der Waals surface area contributed by atoms with Gasteiger partial charge in [0, 0.05) is 22.7 Å². The molecular formula is C20H19N3O3S. The Kier molecular flexibility index (Phi) is 5.95. The lowest BCUT2D eigenvalue weighted by Gasteiger charge is -2.18. The monoisotopic (exact) mass is 381 g/mol. The van der Waals surface area contributed by atoms with Gasteiger partial charge < -0.3 is 5.32 Å². The maximum Gasteiger partial charge on any atom is 0.271 e. The molecule has 6 nitrogen and oxygen atoms in total. The highest BCUT2D eigenvalue weighted by atomic mass is 32.1. The van der Waals surface area contributed by atoms with Gasteiger partial charge in [-0.1, -0.05) is 42.0 Å². The average Bonchev–Trinajstić information content (AvgIpc) is 3.18. The minimum absolute atomic E-state index is 0.0584. The largest absolute Gasteiger partial charge is 0.325 e. The molecule has 2 aromatic carbocycles. The highest BCUT2D eigenvalue weighted by molar-refractivity contribution is 7.10. The number of nitrogens with zero attached hydrogens (tertiary/aromatic N) is 1. The molecule has 0 aliphatic rings. The van der Waals surface area contributed by atoms with E-state index in [0.717, 1.165) is 10.4 Å². The van der Waals surface area contributed by atoms with Crippen LogP contribution in [0.1, 0.15) is 22.0 Å². The zero-order valence-corrected chi connectivity index (χ0v) is 15.5. The summed E-state index contributed by atoms with van der Waals surface area (Å²) in [6.45, 7) is 2.11. The second-order valence-electron chi connectivity index (χ2n) is 6.10. The predicted octanol–water partition coefficient (Wildman–Crippen LogP) is 4.28. The number of nitrogens with one attached hydrogen (secondary N) is 2. The summed E-state index contributed by atoms with van der Waals surface area (Å²) in [5.41, 5.74) is 2.59. The fourth-order valence-corrected chi connectivity index (χ4v) is 3.52. The first-order chi connectivity index (χ1) is 13.0. The minimum atomic E-state index is -0.488. The first-order valence-electron chi connectivity index (χ1n) is 8.40. The van der Waals surface area contributed by atoms with Crippen LogP contribution < -0.4 is 10.6 Å². The third-order valence-electron chi connectivity index (χ3n) is 4.05. The minimum Gasteiger partial charge on any atom is -0.325 e. The number of carbonyl (C=O) groups is 1. The van der Waals surface area contributed by atoms with E-state index in [1.165, 1.54) is 17.7 Å². The van der Waals surface area contributed by atoms with Crippen LogP contribution in [-0.2, 0) is 4.79 Å². The fraction of sp³-hybridized carbons (Fsp3) is 0.150. The van der Waals surface area contributed by atoms with Gasteiger partial charge in [0.25, 0.3) is 5.69 Å². The number of aryl methyl sites for hydroxylation is 1. The number of nitro benzene ring substituents is 1. The Bertz CT molecular complexity index is 924. The van der Waals surface area contributed by atoms with Gasteiger partial charge in [-0.25, -0.2) is 0 Å². The van der Waals surface area contributed by atoms with Gasteiger partial charge in [-0.2, -0.15) is 0 Å². The number of rotatable bonds is 7. The van der Waals surface area contributed by atoms with Gasteiger partial charge in [-0.05, 0) is 30.0 Å². The lowest BCUT2D eigenvalue weighted by molar-refractivity contribution is -0.384. The summed E-state index contributed by atoms with van der Waals surface area (Å²) < 4.78 is 0. The molecule has 1 atom stereocenters. The molecule has 0 aliphatic carbocycles. The molecule has 0 spiro atoms. The van der Waals surface area contributed by atoms with Crippen LogP contribution in [0.5, 0.6) is 0 Å². The standard InChI is InChI=1S/C20H19N3O3S/c1-14-7-9-15(10-8-14)20(18-6-3-11-27-18)21-13-19(24)22-16-4-2-5-17(12-16)23(25)26/h2-12,20-21H,13H2,1H3,(H,22,24)/t20-/m1/s1.